The molecule has 0 spiro atoms. The van der Waals surface area contributed by atoms with E-state index in [0.29, 0.717) is 37.4 Å². The van der Waals surface area contributed by atoms with Gasteiger partial charge in [0.15, 0.2) is 0 Å². The van der Waals surface area contributed by atoms with Gasteiger partial charge in [0, 0.05) is 43.3 Å². The van der Waals surface area contributed by atoms with E-state index >= 15 is 0 Å². The van der Waals surface area contributed by atoms with Gasteiger partial charge in [-0.3, -0.25) is 4.79 Å². The number of thiazole rings is 1. The molecule has 0 bridgehead atoms. The van der Waals surface area contributed by atoms with Crippen LogP contribution in [-0.2, 0) is 0 Å². The SMILES string of the molecule is Cc1ccc(-c2nc(C(=O)N3CCN(c4cc(C#N)ccn4)CC3)cs2)cc1. The van der Waals surface area contributed by atoms with Crippen molar-refractivity contribution < 1.29 is 4.79 Å². The molecule has 1 aromatic carbocycles. The van der Waals surface area contributed by atoms with E-state index in [1.807, 2.05) is 41.5 Å². The maximum atomic E-state index is 12.8. The molecule has 6 nitrogen and oxygen atoms in total. The number of rotatable bonds is 3. The van der Waals surface area contributed by atoms with Gasteiger partial charge in [-0.15, -0.1) is 11.3 Å². The van der Waals surface area contributed by atoms with Gasteiger partial charge >= 0.3 is 0 Å². The zero-order chi connectivity index (χ0) is 19.5. The Kier molecular flexibility index (Phi) is 5.04. The molecule has 1 fully saturated rings. The van der Waals surface area contributed by atoms with Crippen molar-refractivity contribution in [2.24, 2.45) is 0 Å². The van der Waals surface area contributed by atoms with Gasteiger partial charge in [0.25, 0.3) is 5.91 Å². The highest BCUT2D eigenvalue weighted by atomic mass is 32.1. The molecule has 3 heterocycles. The van der Waals surface area contributed by atoms with Crippen LogP contribution in [0.3, 0.4) is 0 Å². The van der Waals surface area contributed by atoms with Crippen molar-refractivity contribution in [1.29, 1.82) is 5.26 Å². The zero-order valence-corrected chi connectivity index (χ0v) is 16.3. The predicted octanol–water partition coefficient (Wildman–Crippen LogP) is 3.35. The Labute approximate surface area is 167 Å². The highest BCUT2D eigenvalue weighted by Gasteiger charge is 2.24. The molecule has 0 radical (unpaired) electrons. The third-order valence-corrected chi connectivity index (χ3v) is 5.68. The number of carbonyl (C=O) groups excluding carboxylic acids is 1. The van der Waals surface area contributed by atoms with Crippen LogP contribution in [0.5, 0.6) is 0 Å². The number of hydrogen-bond donors (Lipinski definition) is 0. The minimum atomic E-state index is -0.0343. The van der Waals surface area contributed by atoms with Crippen molar-refractivity contribution >= 4 is 23.1 Å². The molecule has 1 saturated heterocycles. The molecule has 1 amide bonds. The number of benzene rings is 1. The first-order valence-corrected chi connectivity index (χ1v) is 9.95. The fourth-order valence-corrected chi connectivity index (χ4v) is 3.96. The first-order valence-electron chi connectivity index (χ1n) is 9.07. The monoisotopic (exact) mass is 389 g/mol. The summed E-state index contributed by atoms with van der Waals surface area (Å²) in [5.41, 5.74) is 3.32. The van der Waals surface area contributed by atoms with Gasteiger partial charge < -0.3 is 9.80 Å². The van der Waals surface area contributed by atoms with E-state index in [0.717, 1.165) is 16.4 Å². The van der Waals surface area contributed by atoms with Gasteiger partial charge in [-0.05, 0) is 19.1 Å². The van der Waals surface area contributed by atoms with Crippen LogP contribution in [0.2, 0.25) is 0 Å². The standard InChI is InChI=1S/C21H19N5OS/c1-15-2-4-17(5-3-15)20-24-18(14-28-20)21(27)26-10-8-25(9-11-26)19-12-16(13-22)6-7-23-19/h2-7,12,14H,8-11H2,1H3. The van der Waals surface area contributed by atoms with E-state index in [-0.39, 0.29) is 5.91 Å². The van der Waals surface area contributed by atoms with Gasteiger partial charge in [-0.1, -0.05) is 29.8 Å². The van der Waals surface area contributed by atoms with Crippen LogP contribution in [-0.4, -0.2) is 47.0 Å². The van der Waals surface area contributed by atoms with Gasteiger partial charge in [-0.25, -0.2) is 9.97 Å². The maximum Gasteiger partial charge on any atom is 0.273 e. The van der Waals surface area contributed by atoms with Crippen LogP contribution >= 0.6 is 11.3 Å². The second kappa shape index (κ2) is 7.79. The number of pyridine rings is 1. The van der Waals surface area contributed by atoms with Crippen LogP contribution in [0.1, 0.15) is 21.6 Å². The third-order valence-electron chi connectivity index (χ3n) is 4.79. The third kappa shape index (κ3) is 3.73. The molecule has 7 heteroatoms. The average molecular weight is 389 g/mol. The summed E-state index contributed by atoms with van der Waals surface area (Å²) in [7, 11) is 0. The van der Waals surface area contributed by atoms with Crippen molar-refractivity contribution in [3.05, 3.63) is 64.8 Å². The second-order valence-corrected chi connectivity index (χ2v) is 7.56. The first-order chi connectivity index (χ1) is 13.6. The Morgan fingerprint density at radius 3 is 2.61 bits per heavy atom. The van der Waals surface area contributed by atoms with E-state index in [1.165, 1.54) is 16.9 Å². The lowest BCUT2D eigenvalue weighted by atomic mass is 10.2. The molecule has 28 heavy (non-hydrogen) atoms. The lowest BCUT2D eigenvalue weighted by Crippen LogP contribution is -2.49. The van der Waals surface area contributed by atoms with Crippen LogP contribution in [0.4, 0.5) is 5.82 Å². The summed E-state index contributed by atoms with van der Waals surface area (Å²) in [4.78, 5) is 25.7. The Morgan fingerprint density at radius 1 is 1.14 bits per heavy atom. The van der Waals surface area contributed by atoms with Gasteiger partial charge in [0.1, 0.15) is 16.5 Å². The molecule has 4 rings (SSSR count). The van der Waals surface area contributed by atoms with Crippen molar-refractivity contribution in [2.45, 2.75) is 6.92 Å². The minimum absolute atomic E-state index is 0.0343. The summed E-state index contributed by atoms with van der Waals surface area (Å²) in [5, 5.41) is 11.7. The molecule has 3 aromatic rings. The van der Waals surface area contributed by atoms with Crippen molar-refractivity contribution in [2.75, 3.05) is 31.1 Å². The Balaban J connectivity index is 1.41. The smallest absolute Gasteiger partial charge is 0.273 e. The lowest BCUT2D eigenvalue weighted by molar-refractivity contribution is 0.0741. The number of carbonyl (C=O) groups is 1. The van der Waals surface area contributed by atoms with Crippen molar-refractivity contribution in [1.82, 2.24) is 14.9 Å². The van der Waals surface area contributed by atoms with Crippen LogP contribution < -0.4 is 4.90 Å². The van der Waals surface area contributed by atoms with Crippen LogP contribution in [0, 0.1) is 18.3 Å². The zero-order valence-electron chi connectivity index (χ0n) is 15.5. The highest BCUT2D eigenvalue weighted by molar-refractivity contribution is 7.13. The van der Waals surface area contributed by atoms with Gasteiger partial charge in [0.2, 0.25) is 0 Å². The Bertz CT molecular complexity index is 1030. The molecule has 0 saturated carbocycles. The summed E-state index contributed by atoms with van der Waals surface area (Å²) in [6.45, 7) is 4.63. The number of hydrogen-bond acceptors (Lipinski definition) is 6. The predicted molar refractivity (Wildman–Crippen MR) is 109 cm³/mol. The van der Waals surface area contributed by atoms with Crippen molar-refractivity contribution in [3.63, 3.8) is 0 Å². The second-order valence-electron chi connectivity index (χ2n) is 6.70. The summed E-state index contributed by atoms with van der Waals surface area (Å²) >= 11 is 1.49. The fraction of sp³-hybridized carbons (Fsp3) is 0.238. The molecular formula is C21H19N5OS. The topological polar surface area (TPSA) is 73.1 Å². The Hall–Kier alpha value is -3.24. The minimum Gasteiger partial charge on any atom is -0.353 e. The molecule has 1 aliphatic heterocycles. The Morgan fingerprint density at radius 2 is 1.89 bits per heavy atom. The van der Waals surface area contributed by atoms with Gasteiger partial charge in [0.05, 0.1) is 11.6 Å². The number of nitriles is 1. The summed E-state index contributed by atoms with van der Waals surface area (Å²) in [5.74, 6) is 0.745. The van der Waals surface area contributed by atoms with Crippen LogP contribution in [0.25, 0.3) is 10.6 Å². The number of piperazine rings is 1. The van der Waals surface area contributed by atoms with E-state index in [9.17, 15) is 4.79 Å². The van der Waals surface area contributed by atoms with E-state index in [2.05, 4.69) is 20.9 Å². The van der Waals surface area contributed by atoms with Crippen LogP contribution in [0.15, 0.2) is 48.0 Å². The quantitative estimate of drug-likeness (QED) is 0.687. The fourth-order valence-electron chi connectivity index (χ4n) is 3.16. The maximum absolute atomic E-state index is 12.8. The van der Waals surface area contributed by atoms with E-state index in [4.69, 9.17) is 5.26 Å². The molecule has 140 valence electrons. The number of aryl methyl sites for hydroxylation is 1. The van der Waals surface area contributed by atoms with E-state index < -0.39 is 0 Å². The molecule has 0 N–H and O–H groups in total. The first kappa shape index (κ1) is 18.1. The number of anilines is 1. The number of nitrogens with zero attached hydrogens (tertiary/aromatic N) is 5. The number of amides is 1. The van der Waals surface area contributed by atoms with Gasteiger partial charge in [-0.2, -0.15) is 5.26 Å². The molecule has 1 aliphatic rings. The largest absolute Gasteiger partial charge is 0.353 e. The average Bonchev–Trinajstić information content (AvgIpc) is 3.24. The highest BCUT2D eigenvalue weighted by Crippen LogP contribution is 2.25. The molecule has 0 aliphatic carbocycles. The summed E-state index contributed by atoms with van der Waals surface area (Å²) in [6, 6.07) is 13.8. The van der Waals surface area contributed by atoms with Crippen molar-refractivity contribution in [3.8, 4) is 16.6 Å². The number of aromatic nitrogens is 2. The lowest BCUT2D eigenvalue weighted by Gasteiger charge is -2.35. The molecular weight excluding hydrogens is 370 g/mol. The molecule has 0 unspecified atom stereocenters. The molecule has 0 atom stereocenters. The molecule has 2 aromatic heterocycles. The summed E-state index contributed by atoms with van der Waals surface area (Å²) < 4.78 is 0. The van der Waals surface area contributed by atoms with E-state index in [1.54, 1.807) is 18.3 Å². The normalized spacial score (nSPS) is 14.0. The summed E-state index contributed by atoms with van der Waals surface area (Å²) in [6.07, 6.45) is 1.65.